The Morgan fingerprint density at radius 3 is 2.91 bits per heavy atom. The molecular weight excluding hydrogens is 297 g/mol. The number of hydrogen-bond acceptors (Lipinski definition) is 4. The van der Waals surface area contributed by atoms with Crippen LogP contribution in [-0.2, 0) is 0 Å². The Morgan fingerprint density at radius 2 is 2.17 bits per heavy atom. The van der Waals surface area contributed by atoms with Gasteiger partial charge in [0.15, 0.2) is 0 Å². The summed E-state index contributed by atoms with van der Waals surface area (Å²) in [5.41, 5.74) is 0.902. The highest BCUT2D eigenvalue weighted by Gasteiger charge is 2.14. The number of benzene rings is 1. The Labute approximate surface area is 134 Å². The van der Waals surface area contributed by atoms with E-state index in [1.807, 2.05) is 6.92 Å². The normalized spacial score (nSPS) is 11.8. The number of carbonyl (C=O) groups excluding carboxylic acids is 1. The van der Waals surface area contributed by atoms with Crippen molar-refractivity contribution < 1.29 is 14.3 Å². The number of hydrogen-bond donors (Lipinski definition) is 3. The molecule has 0 fully saturated rings. The molecule has 0 aliphatic heterocycles. The third-order valence-corrected chi connectivity index (χ3v) is 3.31. The average Bonchev–Trinajstić information content (AvgIpc) is 2.53. The molecule has 0 aliphatic rings. The molecular formula is C17H20FN3O2. The van der Waals surface area contributed by atoms with Crippen molar-refractivity contribution in [3.05, 3.63) is 54.0 Å². The topological polar surface area (TPSA) is 74.2 Å². The highest BCUT2D eigenvalue weighted by atomic mass is 19.1. The van der Waals surface area contributed by atoms with E-state index >= 15 is 0 Å². The van der Waals surface area contributed by atoms with Crippen LogP contribution in [-0.4, -0.2) is 28.6 Å². The van der Waals surface area contributed by atoms with E-state index in [1.54, 1.807) is 30.5 Å². The van der Waals surface area contributed by atoms with Crippen LogP contribution < -0.4 is 10.6 Å². The molecule has 122 valence electrons. The largest absolute Gasteiger partial charge is 0.396 e. The average molecular weight is 317 g/mol. The van der Waals surface area contributed by atoms with E-state index in [0.717, 1.165) is 0 Å². The third kappa shape index (κ3) is 5.03. The van der Waals surface area contributed by atoms with E-state index in [2.05, 4.69) is 15.6 Å². The van der Waals surface area contributed by atoms with Gasteiger partial charge in [-0.1, -0.05) is 6.07 Å². The fourth-order valence-electron chi connectivity index (χ4n) is 2.16. The molecule has 1 aromatic carbocycles. The second-order valence-corrected chi connectivity index (χ2v) is 5.28. The summed E-state index contributed by atoms with van der Waals surface area (Å²) in [4.78, 5) is 16.5. The third-order valence-electron chi connectivity index (χ3n) is 3.31. The van der Waals surface area contributed by atoms with E-state index in [4.69, 9.17) is 5.11 Å². The van der Waals surface area contributed by atoms with Crippen molar-refractivity contribution in [2.45, 2.75) is 25.8 Å². The Morgan fingerprint density at radius 1 is 1.35 bits per heavy atom. The number of halogens is 1. The van der Waals surface area contributed by atoms with Gasteiger partial charge in [-0.05, 0) is 50.1 Å². The van der Waals surface area contributed by atoms with Crippen LogP contribution in [0.25, 0.3) is 0 Å². The van der Waals surface area contributed by atoms with Gasteiger partial charge in [-0.15, -0.1) is 0 Å². The molecule has 0 spiro atoms. The molecule has 1 atom stereocenters. The van der Waals surface area contributed by atoms with E-state index in [9.17, 15) is 9.18 Å². The SMILES string of the molecule is CC(CCCO)NC(=O)c1cccnc1Nc1cccc(F)c1. The number of nitrogens with zero attached hydrogens (tertiary/aromatic N) is 1. The fourth-order valence-corrected chi connectivity index (χ4v) is 2.16. The number of pyridine rings is 1. The first-order valence-electron chi connectivity index (χ1n) is 7.49. The highest BCUT2D eigenvalue weighted by molar-refractivity contribution is 5.99. The maximum Gasteiger partial charge on any atom is 0.255 e. The van der Waals surface area contributed by atoms with Gasteiger partial charge in [0.1, 0.15) is 11.6 Å². The van der Waals surface area contributed by atoms with Gasteiger partial charge in [0.05, 0.1) is 5.56 Å². The van der Waals surface area contributed by atoms with Gasteiger partial charge in [0.25, 0.3) is 5.91 Å². The van der Waals surface area contributed by atoms with Crippen molar-refractivity contribution >= 4 is 17.4 Å². The molecule has 23 heavy (non-hydrogen) atoms. The van der Waals surface area contributed by atoms with Crippen molar-refractivity contribution in [1.29, 1.82) is 0 Å². The number of nitrogens with one attached hydrogen (secondary N) is 2. The highest BCUT2D eigenvalue weighted by Crippen LogP contribution is 2.19. The number of aliphatic hydroxyl groups excluding tert-OH is 1. The number of aromatic nitrogens is 1. The molecule has 1 unspecified atom stereocenters. The van der Waals surface area contributed by atoms with Gasteiger partial charge in [-0.25, -0.2) is 9.37 Å². The summed E-state index contributed by atoms with van der Waals surface area (Å²) in [6.07, 6.45) is 2.88. The van der Waals surface area contributed by atoms with Crippen molar-refractivity contribution in [2.24, 2.45) is 0 Å². The number of aliphatic hydroxyl groups is 1. The van der Waals surface area contributed by atoms with Crippen LogP contribution in [0.2, 0.25) is 0 Å². The smallest absolute Gasteiger partial charge is 0.255 e. The predicted octanol–water partition coefficient (Wildman–Crippen LogP) is 2.86. The molecule has 3 N–H and O–H groups in total. The first kappa shape index (κ1) is 16.9. The lowest BCUT2D eigenvalue weighted by molar-refractivity contribution is 0.0937. The zero-order chi connectivity index (χ0) is 16.7. The van der Waals surface area contributed by atoms with E-state index in [1.165, 1.54) is 12.1 Å². The molecule has 6 heteroatoms. The van der Waals surface area contributed by atoms with Gasteiger partial charge in [-0.3, -0.25) is 4.79 Å². The van der Waals surface area contributed by atoms with Gasteiger partial charge < -0.3 is 15.7 Å². The maximum absolute atomic E-state index is 13.3. The monoisotopic (exact) mass is 317 g/mol. The van der Waals surface area contributed by atoms with Crippen molar-refractivity contribution in [3.8, 4) is 0 Å². The second kappa shape index (κ2) is 8.24. The van der Waals surface area contributed by atoms with Crippen LogP contribution >= 0.6 is 0 Å². The minimum Gasteiger partial charge on any atom is -0.396 e. The van der Waals surface area contributed by atoms with Crippen LogP contribution in [0.15, 0.2) is 42.6 Å². The molecule has 0 saturated carbocycles. The van der Waals surface area contributed by atoms with Gasteiger partial charge in [0, 0.05) is 24.5 Å². The number of rotatable bonds is 7. The van der Waals surface area contributed by atoms with Crippen molar-refractivity contribution in [2.75, 3.05) is 11.9 Å². The molecule has 1 heterocycles. The Hall–Kier alpha value is -2.47. The molecule has 1 aromatic heterocycles. The van der Waals surface area contributed by atoms with Crippen LogP contribution in [0, 0.1) is 5.82 Å². The standard InChI is InChI=1S/C17H20FN3O2/c1-12(5-4-10-22)20-17(23)15-8-3-9-19-16(15)21-14-7-2-6-13(18)11-14/h2-3,6-9,11-12,22H,4-5,10H2,1H3,(H,19,21)(H,20,23). The molecule has 2 rings (SSSR count). The molecule has 0 bridgehead atoms. The summed E-state index contributed by atoms with van der Waals surface area (Å²) < 4.78 is 13.3. The first-order valence-corrected chi connectivity index (χ1v) is 7.49. The Kier molecular flexibility index (Phi) is 6.05. The molecule has 0 aliphatic carbocycles. The predicted molar refractivity (Wildman–Crippen MR) is 87.2 cm³/mol. The van der Waals surface area contributed by atoms with Crippen LogP contribution in [0.1, 0.15) is 30.1 Å². The summed E-state index contributed by atoms with van der Waals surface area (Å²) >= 11 is 0. The Bertz CT molecular complexity index is 664. The van der Waals surface area contributed by atoms with Gasteiger partial charge in [0.2, 0.25) is 0 Å². The first-order chi connectivity index (χ1) is 11.1. The Balaban J connectivity index is 2.12. The zero-order valence-corrected chi connectivity index (χ0v) is 12.9. The molecule has 5 nitrogen and oxygen atoms in total. The number of amides is 1. The van der Waals surface area contributed by atoms with Gasteiger partial charge >= 0.3 is 0 Å². The van der Waals surface area contributed by atoms with E-state index in [0.29, 0.717) is 29.9 Å². The van der Waals surface area contributed by atoms with Crippen LogP contribution in [0.3, 0.4) is 0 Å². The maximum atomic E-state index is 13.3. The van der Waals surface area contributed by atoms with Crippen molar-refractivity contribution in [1.82, 2.24) is 10.3 Å². The molecule has 0 radical (unpaired) electrons. The van der Waals surface area contributed by atoms with Crippen LogP contribution in [0.4, 0.5) is 15.9 Å². The molecule has 0 saturated heterocycles. The fraction of sp³-hybridized carbons (Fsp3) is 0.294. The van der Waals surface area contributed by atoms with Crippen LogP contribution in [0.5, 0.6) is 0 Å². The lowest BCUT2D eigenvalue weighted by Crippen LogP contribution is -2.33. The zero-order valence-electron chi connectivity index (χ0n) is 12.9. The minimum absolute atomic E-state index is 0.0584. The second-order valence-electron chi connectivity index (χ2n) is 5.28. The van der Waals surface area contributed by atoms with Crippen molar-refractivity contribution in [3.63, 3.8) is 0 Å². The van der Waals surface area contributed by atoms with Gasteiger partial charge in [-0.2, -0.15) is 0 Å². The summed E-state index contributed by atoms with van der Waals surface area (Å²) in [7, 11) is 0. The summed E-state index contributed by atoms with van der Waals surface area (Å²) in [6.45, 7) is 1.98. The molecule has 1 amide bonds. The summed E-state index contributed by atoms with van der Waals surface area (Å²) in [5, 5.41) is 14.7. The summed E-state index contributed by atoms with van der Waals surface area (Å²) in [6, 6.07) is 9.23. The lowest BCUT2D eigenvalue weighted by atomic mass is 10.1. The summed E-state index contributed by atoms with van der Waals surface area (Å²) in [5.74, 6) is -0.262. The number of carbonyl (C=O) groups is 1. The molecule has 2 aromatic rings. The van der Waals surface area contributed by atoms with E-state index < -0.39 is 0 Å². The lowest BCUT2D eigenvalue weighted by Gasteiger charge is -2.15. The van der Waals surface area contributed by atoms with E-state index in [-0.39, 0.29) is 24.4 Å². The number of anilines is 2. The quantitative estimate of drug-likeness (QED) is 0.734. The minimum atomic E-state index is -0.366.